The van der Waals surface area contributed by atoms with Gasteiger partial charge in [0, 0.05) is 0 Å². The zero-order chi connectivity index (χ0) is 13.8. The van der Waals surface area contributed by atoms with Crippen LogP contribution >= 0.6 is 0 Å². The van der Waals surface area contributed by atoms with Crippen LogP contribution in [0.15, 0.2) is 36.4 Å². The molecule has 0 fully saturated rings. The Morgan fingerprint density at radius 2 is 1.37 bits per heavy atom. The van der Waals surface area contributed by atoms with Crippen molar-refractivity contribution in [2.24, 2.45) is 0 Å². The second-order valence-electron chi connectivity index (χ2n) is 3.99. The Morgan fingerprint density at radius 3 is 1.84 bits per heavy atom. The fourth-order valence-electron chi connectivity index (χ4n) is 2.03. The molecule has 100 valence electrons. The second-order valence-corrected chi connectivity index (χ2v) is 3.99. The highest BCUT2D eigenvalue weighted by molar-refractivity contribution is 5.80. The summed E-state index contributed by atoms with van der Waals surface area (Å²) in [6, 6.07) is 11.3. The summed E-state index contributed by atoms with van der Waals surface area (Å²) in [5.74, 6) is 2.13. The summed E-state index contributed by atoms with van der Waals surface area (Å²) in [5, 5.41) is 0. The summed E-state index contributed by atoms with van der Waals surface area (Å²) in [5.41, 5.74) is 8.32. The highest BCUT2D eigenvalue weighted by Gasteiger charge is 2.13. The lowest BCUT2D eigenvalue weighted by Crippen LogP contribution is -1.95. The van der Waals surface area contributed by atoms with Crippen LogP contribution in [0.25, 0.3) is 11.1 Å². The van der Waals surface area contributed by atoms with Crippen LogP contribution in [0.4, 0.5) is 5.69 Å². The number of anilines is 1. The van der Waals surface area contributed by atoms with Crippen molar-refractivity contribution in [2.75, 3.05) is 27.1 Å². The molecular weight excluding hydrogens is 242 g/mol. The van der Waals surface area contributed by atoms with Crippen molar-refractivity contribution in [3.63, 3.8) is 0 Å². The smallest absolute Gasteiger partial charge is 0.141 e. The first-order chi connectivity index (χ1) is 9.21. The molecule has 0 amide bonds. The molecule has 2 aromatic carbocycles. The molecule has 0 unspecified atom stereocenters. The molecule has 0 aliphatic rings. The number of hydrogen-bond donors (Lipinski definition) is 1. The van der Waals surface area contributed by atoms with Crippen molar-refractivity contribution < 1.29 is 14.2 Å². The Hall–Kier alpha value is -2.36. The predicted molar refractivity (Wildman–Crippen MR) is 75.9 cm³/mol. The summed E-state index contributed by atoms with van der Waals surface area (Å²) in [6.07, 6.45) is 0. The first-order valence-corrected chi connectivity index (χ1v) is 5.86. The molecule has 0 aliphatic carbocycles. The zero-order valence-electron chi connectivity index (χ0n) is 11.3. The predicted octanol–water partition coefficient (Wildman–Crippen LogP) is 2.96. The highest BCUT2D eigenvalue weighted by atomic mass is 16.5. The number of nitrogens with two attached hydrogens (primary N) is 1. The number of methoxy groups -OCH3 is 3. The topological polar surface area (TPSA) is 53.7 Å². The largest absolute Gasteiger partial charge is 0.496 e. The fourth-order valence-corrected chi connectivity index (χ4v) is 2.03. The molecule has 4 heteroatoms. The van der Waals surface area contributed by atoms with Gasteiger partial charge in [0.2, 0.25) is 0 Å². The van der Waals surface area contributed by atoms with E-state index in [2.05, 4.69) is 0 Å². The number of nitrogen functional groups attached to an aromatic ring is 1. The van der Waals surface area contributed by atoms with Gasteiger partial charge in [-0.05, 0) is 29.8 Å². The minimum atomic E-state index is 0.577. The molecule has 0 atom stereocenters. The van der Waals surface area contributed by atoms with Crippen LogP contribution in [-0.2, 0) is 0 Å². The Balaban J connectivity index is 2.60. The van der Waals surface area contributed by atoms with Crippen molar-refractivity contribution in [3.05, 3.63) is 36.4 Å². The second kappa shape index (κ2) is 5.52. The Morgan fingerprint density at radius 1 is 0.789 bits per heavy atom. The molecule has 2 aromatic rings. The zero-order valence-corrected chi connectivity index (χ0v) is 11.3. The average molecular weight is 259 g/mol. The molecule has 4 nitrogen and oxygen atoms in total. The molecular formula is C15H17NO3. The molecule has 0 saturated heterocycles. The van der Waals surface area contributed by atoms with Gasteiger partial charge in [-0.3, -0.25) is 0 Å². The van der Waals surface area contributed by atoms with Crippen LogP contribution in [0.3, 0.4) is 0 Å². The van der Waals surface area contributed by atoms with Gasteiger partial charge in [-0.25, -0.2) is 0 Å². The van der Waals surface area contributed by atoms with Crippen LogP contribution in [-0.4, -0.2) is 21.3 Å². The normalized spacial score (nSPS) is 10.1. The summed E-state index contributed by atoms with van der Waals surface area (Å²) in [4.78, 5) is 0. The summed E-state index contributed by atoms with van der Waals surface area (Å²) in [6.45, 7) is 0. The minimum absolute atomic E-state index is 0.577. The van der Waals surface area contributed by atoms with E-state index in [4.69, 9.17) is 19.9 Å². The van der Waals surface area contributed by atoms with E-state index in [0.29, 0.717) is 11.4 Å². The SMILES string of the molecule is COc1ccc(-c2c(OC)cccc2OC)cc1N. The van der Waals surface area contributed by atoms with E-state index in [-0.39, 0.29) is 0 Å². The summed E-state index contributed by atoms with van der Waals surface area (Å²) < 4.78 is 15.9. The molecule has 0 heterocycles. The van der Waals surface area contributed by atoms with Crippen molar-refractivity contribution in [2.45, 2.75) is 0 Å². The van der Waals surface area contributed by atoms with E-state index in [1.54, 1.807) is 21.3 Å². The van der Waals surface area contributed by atoms with Gasteiger partial charge < -0.3 is 19.9 Å². The summed E-state index contributed by atoms with van der Waals surface area (Å²) >= 11 is 0. The lowest BCUT2D eigenvalue weighted by molar-refractivity contribution is 0.397. The van der Waals surface area contributed by atoms with Gasteiger partial charge in [-0.2, -0.15) is 0 Å². The molecule has 19 heavy (non-hydrogen) atoms. The Kier molecular flexibility index (Phi) is 3.80. The number of benzene rings is 2. The van der Waals surface area contributed by atoms with E-state index in [0.717, 1.165) is 22.6 Å². The van der Waals surface area contributed by atoms with Gasteiger partial charge in [-0.15, -0.1) is 0 Å². The molecule has 0 saturated carbocycles. The molecule has 0 radical (unpaired) electrons. The molecule has 2 N–H and O–H groups in total. The number of rotatable bonds is 4. The van der Waals surface area contributed by atoms with Crippen LogP contribution in [0.1, 0.15) is 0 Å². The van der Waals surface area contributed by atoms with Gasteiger partial charge in [-0.1, -0.05) is 12.1 Å². The lowest BCUT2D eigenvalue weighted by Gasteiger charge is -2.14. The van der Waals surface area contributed by atoms with E-state index in [9.17, 15) is 0 Å². The molecule has 0 bridgehead atoms. The van der Waals surface area contributed by atoms with E-state index < -0.39 is 0 Å². The van der Waals surface area contributed by atoms with Gasteiger partial charge in [0.15, 0.2) is 0 Å². The van der Waals surface area contributed by atoms with Crippen molar-refractivity contribution >= 4 is 5.69 Å². The fraction of sp³-hybridized carbons (Fsp3) is 0.200. The first-order valence-electron chi connectivity index (χ1n) is 5.86. The Labute approximate surface area is 112 Å². The van der Waals surface area contributed by atoms with Gasteiger partial charge in [0.25, 0.3) is 0 Å². The maximum atomic E-state index is 5.95. The molecule has 0 spiro atoms. The third-order valence-corrected chi connectivity index (χ3v) is 2.95. The quantitative estimate of drug-likeness (QED) is 0.858. The molecule has 2 rings (SSSR count). The maximum absolute atomic E-state index is 5.95. The average Bonchev–Trinajstić information content (AvgIpc) is 2.46. The van der Waals surface area contributed by atoms with E-state index in [1.165, 1.54) is 0 Å². The Bertz CT molecular complexity index is 559. The third kappa shape index (κ3) is 2.42. The van der Waals surface area contributed by atoms with Gasteiger partial charge >= 0.3 is 0 Å². The van der Waals surface area contributed by atoms with Crippen molar-refractivity contribution in [1.29, 1.82) is 0 Å². The van der Waals surface area contributed by atoms with Crippen LogP contribution in [0.2, 0.25) is 0 Å². The number of hydrogen-bond acceptors (Lipinski definition) is 4. The minimum Gasteiger partial charge on any atom is -0.496 e. The van der Waals surface area contributed by atoms with Gasteiger partial charge in [0.1, 0.15) is 17.2 Å². The maximum Gasteiger partial charge on any atom is 0.141 e. The van der Waals surface area contributed by atoms with Gasteiger partial charge in [0.05, 0.1) is 32.6 Å². The van der Waals surface area contributed by atoms with Crippen LogP contribution in [0, 0.1) is 0 Å². The first kappa shape index (κ1) is 13.1. The molecule has 0 aliphatic heterocycles. The molecule has 0 aromatic heterocycles. The van der Waals surface area contributed by atoms with Crippen LogP contribution in [0.5, 0.6) is 17.2 Å². The third-order valence-electron chi connectivity index (χ3n) is 2.95. The van der Waals surface area contributed by atoms with Crippen LogP contribution < -0.4 is 19.9 Å². The number of ether oxygens (including phenoxy) is 3. The monoisotopic (exact) mass is 259 g/mol. The lowest BCUT2D eigenvalue weighted by atomic mass is 10.0. The van der Waals surface area contributed by atoms with Crippen molar-refractivity contribution in [1.82, 2.24) is 0 Å². The summed E-state index contributed by atoms with van der Waals surface area (Å²) in [7, 11) is 4.85. The van der Waals surface area contributed by atoms with E-state index in [1.807, 2.05) is 36.4 Å². The highest BCUT2D eigenvalue weighted by Crippen LogP contribution is 2.40. The van der Waals surface area contributed by atoms with E-state index >= 15 is 0 Å². The standard InChI is InChI=1S/C15H17NO3/c1-17-12-8-7-10(9-11(12)16)15-13(18-2)5-4-6-14(15)19-3/h4-9H,16H2,1-3H3. The van der Waals surface area contributed by atoms with Crippen molar-refractivity contribution in [3.8, 4) is 28.4 Å².